The number of carbonyl (C=O) groups is 1. The van der Waals surface area contributed by atoms with Crippen LogP contribution >= 0.6 is 15.9 Å². The van der Waals surface area contributed by atoms with Gasteiger partial charge in [-0.2, -0.15) is 0 Å². The van der Waals surface area contributed by atoms with E-state index in [4.69, 9.17) is 4.74 Å². The maximum atomic E-state index is 11.4. The summed E-state index contributed by atoms with van der Waals surface area (Å²) in [5, 5.41) is 0. The fourth-order valence-electron chi connectivity index (χ4n) is 1.49. The second kappa shape index (κ2) is 6.33. The summed E-state index contributed by atoms with van der Waals surface area (Å²) in [5.41, 5.74) is 1.30. The molecule has 1 aromatic heterocycles. The first kappa shape index (κ1) is 13.5. The normalized spacial score (nSPS) is 10.0. The first-order chi connectivity index (χ1) is 9.20. The first-order valence-corrected chi connectivity index (χ1v) is 6.40. The molecule has 0 aliphatic heterocycles. The molecule has 1 heterocycles. The second-order valence-electron chi connectivity index (χ2n) is 3.77. The van der Waals surface area contributed by atoms with Crippen molar-refractivity contribution >= 4 is 21.9 Å². The lowest BCUT2D eigenvalue weighted by atomic mass is 10.2. The van der Waals surface area contributed by atoms with Crippen molar-refractivity contribution in [3.63, 3.8) is 0 Å². The van der Waals surface area contributed by atoms with Crippen LogP contribution in [0.5, 0.6) is 5.75 Å². The molecule has 19 heavy (non-hydrogen) atoms. The van der Waals surface area contributed by atoms with Gasteiger partial charge in [0, 0.05) is 0 Å². The van der Waals surface area contributed by atoms with Gasteiger partial charge < -0.3 is 9.47 Å². The number of esters is 1. The third-order valence-corrected chi connectivity index (χ3v) is 3.05. The van der Waals surface area contributed by atoms with Crippen molar-refractivity contribution in [3.05, 3.63) is 58.3 Å². The molecule has 0 spiro atoms. The SMILES string of the molecule is COC(=O)c1ncc(OCc2ccccc2)cc1Br. The molecule has 98 valence electrons. The van der Waals surface area contributed by atoms with E-state index in [2.05, 4.69) is 25.7 Å². The lowest BCUT2D eigenvalue weighted by Crippen LogP contribution is -2.05. The van der Waals surface area contributed by atoms with E-state index >= 15 is 0 Å². The Bertz CT molecular complexity index is 572. The molecule has 0 fully saturated rings. The van der Waals surface area contributed by atoms with E-state index in [0.29, 0.717) is 16.8 Å². The predicted octanol–water partition coefficient (Wildman–Crippen LogP) is 3.21. The summed E-state index contributed by atoms with van der Waals surface area (Å²) in [6.45, 7) is 0.451. The van der Waals surface area contributed by atoms with Crippen LogP contribution in [0.1, 0.15) is 16.1 Å². The average Bonchev–Trinajstić information content (AvgIpc) is 2.45. The van der Waals surface area contributed by atoms with Crippen LogP contribution in [-0.2, 0) is 11.3 Å². The summed E-state index contributed by atoms with van der Waals surface area (Å²) in [5.74, 6) is 0.102. The van der Waals surface area contributed by atoms with Gasteiger partial charge >= 0.3 is 5.97 Å². The van der Waals surface area contributed by atoms with Crippen LogP contribution in [0, 0.1) is 0 Å². The topological polar surface area (TPSA) is 48.4 Å². The van der Waals surface area contributed by atoms with Crippen molar-refractivity contribution in [1.29, 1.82) is 0 Å². The molecular formula is C14H12BrNO3. The molecule has 0 saturated carbocycles. The van der Waals surface area contributed by atoms with E-state index in [1.54, 1.807) is 6.07 Å². The maximum absolute atomic E-state index is 11.4. The molecule has 0 radical (unpaired) electrons. The van der Waals surface area contributed by atoms with Crippen molar-refractivity contribution in [3.8, 4) is 5.75 Å². The number of pyridine rings is 1. The molecule has 5 heteroatoms. The van der Waals surface area contributed by atoms with Crippen molar-refractivity contribution < 1.29 is 14.3 Å². The number of methoxy groups -OCH3 is 1. The Kier molecular flexibility index (Phi) is 4.52. The van der Waals surface area contributed by atoms with Crippen molar-refractivity contribution in [2.24, 2.45) is 0 Å². The molecule has 0 saturated heterocycles. The molecule has 0 amide bonds. The summed E-state index contributed by atoms with van der Waals surface area (Å²) >= 11 is 3.27. The van der Waals surface area contributed by atoms with Gasteiger partial charge in [-0.3, -0.25) is 0 Å². The maximum Gasteiger partial charge on any atom is 0.357 e. The highest BCUT2D eigenvalue weighted by atomic mass is 79.9. The number of hydrogen-bond acceptors (Lipinski definition) is 4. The zero-order valence-corrected chi connectivity index (χ0v) is 11.9. The van der Waals surface area contributed by atoms with E-state index in [1.165, 1.54) is 13.3 Å². The summed E-state index contributed by atoms with van der Waals surface area (Å²) in [6.07, 6.45) is 1.50. The second-order valence-corrected chi connectivity index (χ2v) is 4.62. The Balaban J connectivity index is 2.06. The lowest BCUT2D eigenvalue weighted by Gasteiger charge is -2.07. The van der Waals surface area contributed by atoms with Crippen LogP contribution in [0.25, 0.3) is 0 Å². The number of benzene rings is 1. The van der Waals surface area contributed by atoms with Crippen LogP contribution in [0.2, 0.25) is 0 Å². The molecule has 0 unspecified atom stereocenters. The van der Waals surface area contributed by atoms with Crippen LogP contribution in [0.4, 0.5) is 0 Å². The molecule has 2 aromatic rings. The fraction of sp³-hybridized carbons (Fsp3) is 0.143. The number of ether oxygens (including phenoxy) is 2. The summed E-state index contributed by atoms with van der Waals surface area (Å²) < 4.78 is 10.8. The highest BCUT2D eigenvalue weighted by Crippen LogP contribution is 2.22. The molecule has 2 rings (SSSR count). The highest BCUT2D eigenvalue weighted by molar-refractivity contribution is 9.10. The van der Waals surface area contributed by atoms with Gasteiger partial charge in [0.15, 0.2) is 5.69 Å². The van der Waals surface area contributed by atoms with Crippen molar-refractivity contribution in [2.45, 2.75) is 6.61 Å². The molecule has 0 aliphatic rings. The van der Waals surface area contributed by atoms with Crippen molar-refractivity contribution in [1.82, 2.24) is 4.98 Å². The zero-order valence-electron chi connectivity index (χ0n) is 10.3. The van der Waals surface area contributed by atoms with Gasteiger partial charge in [0.2, 0.25) is 0 Å². The Morgan fingerprint density at radius 3 is 2.68 bits per heavy atom. The molecule has 4 nitrogen and oxygen atoms in total. The minimum atomic E-state index is -0.485. The van der Waals surface area contributed by atoms with Gasteiger partial charge in [-0.05, 0) is 27.6 Å². The van der Waals surface area contributed by atoms with Crippen LogP contribution in [-0.4, -0.2) is 18.1 Å². The average molecular weight is 322 g/mol. The van der Waals surface area contributed by atoms with E-state index in [9.17, 15) is 4.79 Å². The van der Waals surface area contributed by atoms with E-state index in [-0.39, 0.29) is 5.69 Å². The first-order valence-electron chi connectivity index (χ1n) is 5.61. The van der Waals surface area contributed by atoms with Crippen molar-refractivity contribution in [2.75, 3.05) is 7.11 Å². The number of halogens is 1. The summed E-state index contributed by atoms with van der Waals surface area (Å²) in [6, 6.07) is 11.5. The fourth-order valence-corrected chi connectivity index (χ4v) is 1.98. The Morgan fingerprint density at radius 1 is 1.32 bits per heavy atom. The smallest absolute Gasteiger partial charge is 0.357 e. The third kappa shape index (κ3) is 3.54. The van der Waals surface area contributed by atoms with Gasteiger partial charge in [0.05, 0.1) is 17.8 Å². The van der Waals surface area contributed by atoms with E-state index in [1.807, 2.05) is 30.3 Å². The minimum Gasteiger partial charge on any atom is -0.487 e. The van der Waals surface area contributed by atoms with Gasteiger partial charge in [0.1, 0.15) is 12.4 Å². The predicted molar refractivity (Wildman–Crippen MR) is 74.1 cm³/mol. The van der Waals surface area contributed by atoms with Gasteiger partial charge in [-0.15, -0.1) is 0 Å². The quantitative estimate of drug-likeness (QED) is 0.811. The van der Waals surface area contributed by atoms with Crippen LogP contribution < -0.4 is 4.74 Å². The van der Waals surface area contributed by atoms with E-state index in [0.717, 1.165) is 5.56 Å². The van der Waals surface area contributed by atoms with Gasteiger partial charge in [-0.1, -0.05) is 30.3 Å². The van der Waals surface area contributed by atoms with E-state index < -0.39 is 5.97 Å². The number of nitrogens with zero attached hydrogens (tertiary/aromatic N) is 1. The molecular weight excluding hydrogens is 310 g/mol. The third-order valence-electron chi connectivity index (χ3n) is 2.44. The molecule has 0 aliphatic carbocycles. The Morgan fingerprint density at radius 2 is 2.05 bits per heavy atom. The Hall–Kier alpha value is -1.88. The largest absolute Gasteiger partial charge is 0.487 e. The van der Waals surface area contributed by atoms with Gasteiger partial charge in [-0.25, -0.2) is 9.78 Å². The molecule has 1 aromatic carbocycles. The van der Waals surface area contributed by atoms with Crippen LogP contribution in [0.15, 0.2) is 47.1 Å². The number of carbonyl (C=O) groups excluding carboxylic acids is 1. The number of aromatic nitrogens is 1. The number of hydrogen-bond donors (Lipinski definition) is 0. The Labute approximate surface area is 119 Å². The minimum absolute atomic E-state index is 0.231. The molecule has 0 bridgehead atoms. The standard InChI is InChI=1S/C14H12BrNO3/c1-18-14(17)13-12(15)7-11(8-16-13)19-9-10-5-3-2-4-6-10/h2-8H,9H2,1H3. The summed E-state index contributed by atoms with van der Waals surface area (Å²) in [7, 11) is 1.32. The van der Waals surface area contributed by atoms with Gasteiger partial charge in [0.25, 0.3) is 0 Å². The monoisotopic (exact) mass is 321 g/mol. The summed E-state index contributed by atoms with van der Waals surface area (Å²) in [4.78, 5) is 15.4. The highest BCUT2D eigenvalue weighted by Gasteiger charge is 2.12. The molecule has 0 N–H and O–H groups in total. The zero-order chi connectivity index (χ0) is 13.7. The number of rotatable bonds is 4. The lowest BCUT2D eigenvalue weighted by molar-refractivity contribution is 0.0593. The molecule has 0 atom stereocenters. The van der Waals surface area contributed by atoms with Crippen LogP contribution in [0.3, 0.4) is 0 Å².